The van der Waals surface area contributed by atoms with E-state index >= 15 is 4.39 Å². The number of hydrogen-bond acceptors (Lipinski definition) is 6. The van der Waals surface area contributed by atoms with Crippen LogP contribution < -0.4 is 9.64 Å². The molecule has 1 N–H and O–H groups in total. The highest BCUT2D eigenvalue weighted by Crippen LogP contribution is 2.41. The van der Waals surface area contributed by atoms with Crippen molar-refractivity contribution in [2.45, 2.75) is 18.9 Å². The molecule has 3 heterocycles. The van der Waals surface area contributed by atoms with E-state index < -0.39 is 11.9 Å². The molecule has 32 heavy (non-hydrogen) atoms. The summed E-state index contributed by atoms with van der Waals surface area (Å²) in [5.41, 5.74) is 0.705. The number of fused-ring (bicyclic) bond motifs is 1. The maximum Gasteiger partial charge on any atom is 0.407 e. The van der Waals surface area contributed by atoms with Crippen LogP contribution in [-0.2, 0) is 0 Å². The van der Waals surface area contributed by atoms with Gasteiger partial charge in [-0.05, 0) is 48.4 Å². The van der Waals surface area contributed by atoms with Gasteiger partial charge in [-0.25, -0.2) is 14.2 Å². The summed E-state index contributed by atoms with van der Waals surface area (Å²) < 4.78 is 21.2. The molecule has 0 spiro atoms. The van der Waals surface area contributed by atoms with Crippen LogP contribution >= 0.6 is 27.5 Å². The molecule has 0 bridgehead atoms. The number of benzene rings is 1. The van der Waals surface area contributed by atoms with Crippen LogP contribution in [0.5, 0.6) is 5.88 Å². The second-order valence-electron chi connectivity index (χ2n) is 7.98. The first-order chi connectivity index (χ1) is 15.3. The van der Waals surface area contributed by atoms with E-state index in [0.717, 1.165) is 19.4 Å². The average molecular weight is 527 g/mol. The topological polar surface area (TPSA) is 92.9 Å². The summed E-state index contributed by atoms with van der Waals surface area (Å²) in [6.45, 7) is 2.54. The molecule has 2 saturated heterocycles. The fourth-order valence-corrected chi connectivity index (χ4v) is 4.78. The van der Waals surface area contributed by atoms with Crippen LogP contribution in [-0.4, -0.2) is 78.4 Å². The molecule has 1 unspecified atom stereocenters. The summed E-state index contributed by atoms with van der Waals surface area (Å²) >= 11 is 9.39. The normalized spacial score (nSPS) is 19.4. The number of rotatable bonds is 4. The van der Waals surface area contributed by atoms with E-state index in [1.807, 2.05) is 11.9 Å². The van der Waals surface area contributed by atoms with Crippen LogP contribution in [0.15, 0.2) is 10.5 Å². The van der Waals surface area contributed by atoms with E-state index in [0.29, 0.717) is 30.8 Å². The van der Waals surface area contributed by atoms with Crippen molar-refractivity contribution in [3.8, 4) is 11.9 Å². The zero-order valence-corrected chi connectivity index (χ0v) is 19.8. The Morgan fingerprint density at radius 1 is 1.41 bits per heavy atom. The van der Waals surface area contributed by atoms with Crippen LogP contribution in [0.3, 0.4) is 0 Å². The zero-order valence-electron chi connectivity index (χ0n) is 17.4. The molecule has 2 aromatic rings. The van der Waals surface area contributed by atoms with Gasteiger partial charge in [0.2, 0.25) is 5.88 Å². The molecule has 8 nitrogen and oxygen atoms in total. The Kier molecular flexibility index (Phi) is 6.60. The van der Waals surface area contributed by atoms with Gasteiger partial charge in [-0.2, -0.15) is 5.26 Å². The first kappa shape index (κ1) is 22.8. The lowest BCUT2D eigenvalue weighted by atomic mass is 10.1. The Bertz CT molecular complexity index is 1100. The molecule has 1 aromatic carbocycles. The number of ether oxygens (including phenoxy) is 1. The largest absolute Gasteiger partial charge is 0.475 e. The number of hydrogen-bond donors (Lipinski definition) is 1. The molecule has 11 heteroatoms. The maximum absolute atomic E-state index is 15.1. The molecule has 170 valence electrons. The van der Waals surface area contributed by atoms with Gasteiger partial charge in [-0.1, -0.05) is 11.6 Å². The highest BCUT2D eigenvalue weighted by molar-refractivity contribution is 9.10. The Balaban J connectivity index is 1.80. The molecular formula is C21H22BrClFN5O3. The van der Waals surface area contributed by atoms with Crippen molar-refractivity contribution in [2.75, 3.05) is 51.3 Å². The Morgan fingerprint density at radius 3 is 2.72 bits per heavy atom. The number of aromatic nitrogens is 1. The highest BCUT2D eigenvalue weighted by Gasteiger charge is 2.29. The number of nitrogens with zero attached hydrogens (tertiary/aromatic N) is 5. The van der Waals surface area contributed by atoms with Gasteiger partial charge in [0.25, 0.3) is 0 Å². The Labute approximate surface area is 198 Å². The number of likely N-dealkylation sites (tertiary alicyclic amines) is 1. The SMILES string of the molecule is CN1CCCC1COc1nc2c(F)c(Br)c(Cl)cc2c(N2CCN(C(=O)O)CC2)c1C#N. The molecule has 4 rings (SSSR count). The number of carboxylic acid groups (broad SMARTS) is 1. The van der Waals surface area contributed by atoms with Crippen LogP contribution in [0.4, 0.5) is 14.9 Å². The van der Waals surface area contributed by atoms with Gasteiger partial charge in [0.15, 0.2) is 5.82 Å². The smallest absolute Gasteiger partial charge is 0.407 e. The maximum atomic E-state index is 15.1. The summed E-state index contributed by atoms with van der Waals surface area (Å²) in [5.74, 6) is -0.561. The number of piperazine rings is 1. The number of nitriles is 1. The highest BCUT2D eigenvalue weighted by atomic mass is 79.9. The van der Waals surface area contributed by atoms with Crippen molar-refractivity contribution < 1.29 is 19.0 Å². The van der Waals surface area contributed by atoms with Gasteiger partial charge < -0.3 is 24.5 Å². The van der Waals surface area contributed by atoms with Crippen molar-refractivity contribution in [1.29, 1.82) is 5.26 Å². The second kappa shape index (κ2) is 9.25. The summed E-state index contributed by atoms with van der Waals surface area (Å²) in [6, 6.07) is 3.95. The zero-order chi connectivity index (χ0) is 23.0. The third-order valence-electron chi connectivity index (χ3n) is 6.12. The number of halogens is 3. The standard InChI is InChI=1S/C21H22BrClFN5O3/c1-27-4-2-3-12(27)11-32-20-14(10-25)19(28-5-7-29(8-6-28)21(30)31)13-9-15(23)16(22)17(24)18(13)26-20/h9,12H,2-8,11H2,1H3,(H,30,31). The predicted octanol–water partition coefficient (Wildman–Crippen LogP) is 3.93. The summed E-state index contributed by atoms with van der Waals surface area (Å²) in [4.78, 5) is 21.0. The van der Waals surface area contributed by atoms with Gasteiger partial charge in [0.05, 0.1) is 15.2 Å². The van der Waals surface area contributed by atoms with Crippen LogP contribution in [0.2, 0.25) is 5.02 Å². The number of likely N-dealkylation sites (N-methyl/N-ethyl adjacent to an activating group) is 1. The summed E-state index contributed by atoms with van der Waals surface area (Å²) in [7, 11) is 2.02. The molecule has 0 aliphatic carbocycles. The summed E-state index contributed by atoms with van der Waals surface area (Å²) in [5, 5.41) is 19.8. The van der Waals surface area contributed by atoms with Crippen molar-refractivity contribution in [1.82, 2.24) is 14.8 Å². The number of amides is 1. The minimum atomic E-state index is -0.993. The summed E-state index contributed by atoms with van der Waals surface area (Å²) in [6.07, 6.45) is 1.05. The van der Waals surface area contributed by atoms with Gasteiger partial charge in [-0.3, -0.25) is 0 Å². The number of anilines is 1. The molecule has 1 atom stereocenters. The lowest BCUT2D eigenvalue weighted by Gasteiger charge is -2.35. The van der Waals surface area contributed by atoms with Crippen molar-refractivity contribution >= 4 is 50.2 Å². The molecule has 1 amide bonds. The first-order valence-electron chi connectivity index (χ1n) is 10.3. The van der Waals surface area contributed by atoms with E-state index in [1.54, 1.807) is 6.07 Å². The van der Waals surface area contributed by atoms with Crippen molar-refractivity contribution in [3.05, 3.63) is 26.9 Å². The fourth-order valence-electron chi connectivity index (χ4n) is 4.29. The lowest BCUT2D eigenvalue weighted by Crippen LogP contribution is -2.48. The minimum Gasteiger partial charge on any atom is -0.475 e. The van der Waals surface area contributed by atoms with Crippen molar-refractivity contribution in [3.63, 3.8) is 0 Å². The quantitative estimate of drug-likeness (QED) is 0.603. The van der Waals surface area contributed by atoms with Gasteiger partial charge in [-0.15, -0.1) is 0 Å². The van der Waals surface area contributed by atoms with E-state index in [9.17, 15) is 15.2 Å². The lowest BCUT2D eigenvalue weighted by molar-refractivity contribution is 0.142. The average Bonchev–Trinajstić information content (AvgIpc) is 3.20. The van der Waals surface area contributed by atoms with Gasteiger partial charge >= 0.3 is 6.09 Å². The van der Waals surface area contributed by atoms with Gasteiger partial charge in [0.1, 0.15) is 23.8 Å². The molecule has 2 aliphatic rings. The van der Waals surface area contributed by atoms with Gasteiger partial charge in [0, 0.05) is 37.6 Å². The first-order valence-corrected chi connectivity index (χ1v) is 11.5. The van der Waals surface area contributed by atoms with Crippen LogP contribution in [0.25, 0.3) is 10.9 Å². The van der Waals surface area contributed by atoms with Crippen molar-refractivity contribution in [2.24, 2.45) is 0 Å². The van der Waals surface area contributed by atoms with E-state index in [-0.39, 0.29) is 45.6 Å². The molecule has 2 fully saturated rings. The van der Waals surface area contributed by atoms with E-state index in [1.165, 1.54) is 4.90 Å². The molecular weight excluding hydrogens is 505 g/mol. The fraction of sp³-hybridized carbons (Fsp3) is 0.476. The Morgan fingerprint density at radius 2 is 2.12 bits per heavy atom. The minimum absolute atomic E-state index is 0.0470. The second-order valence-corrected chi connectivity index (χ2v) is 9.18. The van der Waals surface area contributed by atoms with Crippen LogP contribution in [0, 0.1) is 17.1 Å². The van der Waals surface area contributed by atoms with E-state index in [2.05, 4.69) is 31.9 Å². The van der Waals surface area contributed by atoms with Crippen LogP contribution in [0.1, 0.15) is 18.4 Å². The molecule has 0 radical (unpaired) electrons. The molecule has 2 aliphatic heterocycles. The monoisotopic (exact) mass is 525 g/mol. The third-order valence-corrected chi connectivity index (χ3v) is 7.42. The van der Waals surface area contributed by atoms with E-state index in [4.69, 9.17) is 16.3 Å². The Hall–Kier alpha value is -2.35. The third kappa shape index (κ3) is 4.17. The predicted molar refractivity (Wildman–Crippen MR) is 122 cm³/mol. The number of carbonyl (C=O) groups is 1. The number of pyridine rings is 1. The molecule has 0 saturated carbocycles. The molecule has 1 aromatic heterocycles.